The first-order valence-corrected chi connectivity index (χ1v) is 11.3. The molecule has 1 aliphatic rings. The molecule has 0 aliphatic carbocycles. The van der Waals surface area contributed by atoms with Crippen molar-refractivity contribution in [1.82, 2.24) is 20.0 Å². The molecular formula is C26H28N4O3. The molecule has 1 fully saturated rings. The zero-order valence-corrected chi connectivity index (χ0v) is 18.7. The molecule has 2 heterocycles. The van der Waals surface area contributed by atoms with Crippen molar-refractivity contribution in [2.24, 2.45) is 5.92 Å². The molecule has 1 saturated heterocycles. The largest absolute Gasteiger partial charge is 0.341 e. The van der Waals surface area contributed by atoms with Crippen LogP contribution in [0.4, 0.5) is 0 Å². The van der Waals surface area contributed by atoms with Crippen LogP contribution in [0.2, 0.25) is 0 Å². The number of carbonyl (C=O) groups is 2. The molecule has 0 spiro atoms. The summed E-state index contributed by atoms with van der Waals surface area (Å²) in [5, 5.41) is 6.21. The van der Waals surface area contributed by atoms with Crippen molar-refractivity contribution in [2.75, 3.05) is 26.2 Å². The molecular weight excluding hydrogens is 416 g/mol. The van der Waals surface area contributed by atoms with Crippen LogP contribution >= 0.6 is 0 Å². The van der Waals surface area contributed by atoms with E-state index >= 15 is 0 Å². The summed E-state index contributed by atoms with van der Waals surface area (Å²) >= 11 is 0. The molecule has 0 unspecified atom stereocenters. The lowest BCUT2D eigenvalue weighted by Gasteiger charge is -2.24. The average Bonchev–Trinajstić information content (AvgIpc) is 2.99. The van der Waals surface area contributed by atoms with E-state index in [2.05, 4.69) is 34.5 Å². The maximum absolute atomic E-state index is 13.5. The van der Waals surface area contributed by atoms with Gasteiger partial charge in [0.15, 0.2) is 0 Å². The second kappa shape index (κ2) is 10.3. The molecule has 7 heteroatoms. The standard InChI is InChI=1S/C26H28N4O3/c1-2-14-29-15-16-30(26(33)23-12-13-24(31)28-27-23)18-21(25(29)32)17-20-10-6-7-11-22(20)19-8-4-3-5-9-19/h3-13,21H,2,14-18H2,1H3,(H,28,31)/t21-/m0/s1. The Hall–Kier alpha value is -3.74. The van der Waals surface area contributed by atoms with Crippen LogP contribution in [0.3, 0.4) is 0 Å². The Bertz CT molecular complexity index is 1150. The number of carbonyl (C=O) groups excluding carboxylic acids is 2. The fraction of sp³-hybridized carbons (Fsp3) is 0.308. The molecule has 0 saturated carbocycles. The van der Waals surface area contributed by atoms with Crippen LogP contribution in [0.15, 0.2) is 71.5 Å². The van der Waals surface area contributed by atoms with Crippen LogP contribution in [0.1, 0.15) is 29.4 Å². The maximum atomic E-state index is 13.5. The lowest BCUT2D eigenvalue weighted by molar-refractivity contribution is -0.134. The Kier molecular flexibility index (Phi) is 6.98. The van der Waals surface area contributed by atoms with Crippen molar-refractivity contribution in [3.63, 3.8) is 0 Å². The third-order valence-corrected chi connectivity index (χ3v) is 5.99. The first kappa shape index (κ1) is 22.5. The summed E-state index contributed by atoms with van der Waals surface area (Å²) in [6.45, 7) is 3.93. The molecule has 4 rings (SSSR count). The molecule has 2 aromatic carbocycles. The average molecular weight is 445 g/mol. The number of hydrogen-bond acceptors (Lipinski definition) is 4. The highest BCUT2D eigenvalue weighted by molar-refractivity contribution is 5.93. The smallest absolute Gasteiger partial charge is 0.274 e. The summed E-state index contributed by atoms with van der Waals surface area (Å²) in [6, 6.07) is 21.0. The van der Waals surface area contributed by atoms with Gasteiger partial charge in [-0.15, -0.1) is 0 Å². The molecule has 0 radical (unpaired) electrons. The van der Waals surface area contributed by atoms with Crippen molar-refractivity contribution >= 4 is 11.8 Å². The highest BCUT2D eigenvalue weighted by Crippen LogP contribution is 2.27. The Morgan fingerprint density at radius 3 is 2.48 bits per heavy atom. The van der Waals surface area contributed by atoms with E-state index in [9.17, 15) is 14.4 Å². The van der Waals surface area contributed by atoms with Crippen molar-refractivity contribution in [3.8, 4) is 11.1 Å². The molecule has 1 N–H and O–H groups in total. The Morgan fingerprint density at radius 1 is 1.00 bits per heavy atom. The molecule has 1 atom stereocenters. The summed E-state index contributed by atoms with van der Waals surface area (Å²) in [5.41, 5.74) is 3.09. The summed E-state index contributed by atoms with van der Waals surface area (Å²) in [4.78, 5) is 41.5. The summed E-state index contributed by atoms with van der Waals surface area (Å²) < 4.78 is 0. The van der Waals surface area contributed by atoms with Gasteiger partial charge in [0.1, 0.15) is 5.69 Å². The topological polar surface area (TPSA) is 86.4 Å². The lowest BCUT2D eigenvalue weighted by Crippen LogP contribution is -2.38. The van der Waals surface area contributed by atoms with Crippen LogP contribution in [0.25, 0.3) is 11.1 Å². The third kappa shape index (κ3) is 5.19. The lowest BCUT2D eigenvalue weighted by atomic mass is 9.91. The fourth-order valence-electron chi connectivity index (χ4n) is 4.36. The van der Waals surface area contributed by atoms with E-state index in [1.165, 1.54) is 12.1 Å². The minimum absolute atomic E-state index is 0.0736. The molecule has 33 heavy (non-hydrogen) atoms. The van der Waals surface area contributed by atoms with Crippen LogP contribution in [0, 0.1) is 5.92 Å². The predicted molar refractivity (Wildman–Crippen MR) is 127 cm³/mol. The van der Waals surface area contributed by atoms with Gasteiger partial charge in [-0.25, -0.2) is 5.10 Å². The highest BCUT2D eigenvalue weighted by atomic mass is 16.2. The monoisotopic (exact) mass is 444 g/mol. The number of H-pyrrole nitrogens is 1. The number of nitrogens with zero attached hydrogens (tertiary/aromatic N) is 3. The Morgan fingerprint density at radius 2 is 1.76 bits per heavy atom. The Balaban J connectivity index is 1.63. The molecule has 2 amide bonds. The van der Waals surface area contributed by atoms with Crippen molar-refractivity contribution in [2.45, 2.75) is 19.8 Å². The second-order valence-corrected chi connectivity index (χ2v) is 8.31. The van der Waals surface area contributed by atoms with Crippen LogP contribution in [0.5, 0.6) is 0 Å². The number of aromatic amines is 1. The van der Waals surface area contributed by atoms with Gasteiger partial charge in [0.2, 0.25) is 5.91 Å². The molecule has 170 valence electrons. The minimum Gasteiger partial charge on any atom is -0.341 e. The zero-order chi connectivity index (χ0) is 23.2. The van der Waals surface area contributed by atoms with E-state index in [-0.39, 0.29) is 29.0 Å². The molecule has 1 aromatic heterocycles. The molecule has 1 aliphatic heterocycles. The van der Waals surface area contributed by atoms with Crippen molar-refractivity contribution in [3.05, 3.63) is 88.3 Å². The summed E-state index contributed by atoms with van der Waals surface area (Å²) in [7, 11) is 0. The van der Waals surface area contributed by atoms with Crippen molar-refractivity contribution < 1.29 is 9.59 Å². The fourth-order valence-corrected chi connectivity index (χ4v) is 4.36. The summed E-state index contributed by atoms with van der Waals surface area (Å²) in [5.74, 6) is -0.571. The number of benzene rings is 2. The van der Waals surface area contributed by atoms with E-state index in [1.54, 1.807) is 4.90 Å². The van der Waals surface area contributed by atoms with Gasteiger partial charge < -0.3 is 9.80 Å². The number of hydrogen-bond donors (Lipinski definition) is 1. The quantitative estimate of drug-likeness (QED) is 0.633. The van der Waals surface area contributed by atoms with Gasteiger partial charge in [-0.2, -0.15) is 5.10 Å². The number of rotatable bonds is 6. The normalized spacial score (nSPS) is 16.5. The number of nitrogens with one attached hydrogen (secondary N) is 1. The van der Waals surface area contributed by atoms with Gasteiger partial charge >= 0.3 is 0 Å². The maximum Gasteiger partial charge on any atom is 0.274 e. The van der Waals surface area contributed by atoms with Gasteiger partial charge in [-0.05, 0) is 35.6 Å². The van der Waals surface area contributed by atoms with Crippen LogP contribution in [-0.4, -0.2) is 58.0 Å². The molecule has 7 nitrogen and oxygen atoms in total. The molecule has 3 aromatic rings. The minimum atomic E-state index is -0.365. The van der Waals surface area contributed by atoms with E-state index in [1.807, 2.05) is 42.2 Å². The first-order valence-electron chi connectivity index (χ1n) is 11.3. The summed E-state index contributed by atoms with van der Waals surface area (Å²) in [6.07, 6.45) is 1.39. The second-order valence-electron chi connectivity index (χ2n) is 8.31. The first-order chi connectivity index (χ1) is 16.1. The third-order valence-electron chi connectivity index (χ3n) is 5.99. The van der Waals surface area contributed by atoms with Crippen LogP contribution < -0.4 is 5.56 Å². The van der Waals surface area contributed by atoms with Gasteiger partial charge in [0, 0.05) is 32.2 Å². The Labute approximate surface area is 193 Å². The van der Waals surface area contributed by atoms with Gasteiger partial charge in [0.25, 0.3) is 11.5 Å². The number of amides is 2. The van der Waals surface area contributed by atoms with Crippen molar-refractivity contribution in [1.29, 1.82) is 0 Å². The van der Waals surface area contributed by atoms with E-state index in [0.29, 0.717) is 32.6 Å². The molecule has 0 bridgehead atoms. The van der Waals surface area contributed by atoms with E-state index in [0.717, 1.165) is 23.1 Å². The van der Waals surface area contributed by atoms with Gasteiger partial charge in [-0.3, -0.25) is 14.4 Å². The number of aromatic nitrogens is 2. The van der Waals surface area contributed by atoms with E-state index in [4.69, 9.17) is 0 Å². The zero-order valence-electron chi connectivity index (χ0n) is 18.7. The van der Waals surface area contributed by atoms with Crippen LogP contribution in [-0.2, 0) is 11.2 Å². The predicted octanol–water partition coefficient (Wildman–Crippen LogP) is 2.99. The van der Waals surface area contributed by atoms with E-state index < -0.39 is 0 Å². The SMILES string of the molecule is CCCN1CCN(C(=O)c2ccc(=O)[nH]n2)C[C@H](Cc2ccccc2-c2ccccc2)C1=O. The highest BCUT2D eigenvalue weighted by Gasteiger charge is 2.33. The van der Waals surface area contributed by atoms with Gasteiger partial charge in [0.05, 0.1) is 5.92 Å². The van der Waals surface area contributed by atoms with Gasteiger partial charge in [-0.1, -0.05) is 61.5 Å².